The van der Waals surface area contributed by atoms with Crippen LogP contribution in [0.25, 0.3) is 0 Å². The highest BCUT2D eigenvalue weighted by molar-refractivity contribution is 4.95. The molecule has 0 amide bonds. The van der Waals surface area contributed by atoms with E-state index in [4.69, 9.17) is 0 Å². The van der Waals surface area contributed by atoms with Crippen LogP contribution in [0.3, 0.4) is 0 Å². The summed E-state index contributed by atoms with van der Waals surface area (Å²) >= 11 is 0. The van der Waals surface area contributed by atoms with Crippen LogP contribution >= 0.6 is 0 Å². The van der Waals surface area contributed by atoms with Crippen LogP contribution in [-0.2, 0) is 0 Å². The highest BCUT2D eigenvalue weighted by Gasteiger charge is 2.78. The van der Waals surface area contributed by atoms with Crippen LogP contribution < -0.4 is 0 Å². The molecule has 0 N–H and O–H groups in total. The molecule has 70 valence electrons. The van der Waals surface area contributed by atoms with Crippen LogP contribution in [-0.4, -0.2) is 16.2 Å². The van der Waals surface area contributed by atoms with Gasteiger partial charge in [0.15, 0.2) is 0 Å². The van der Waals surface area contributed by atoms with Gasteiger partial charge < -0.3 is 0 Å². The van der Waals surface area contributed by atoms with Crippen LogP contribution in [0.15, 0.2) is 11.9 Å². The number of nitrogens with zero attached hydrogens (tertiary/aromatic N) is 2. The summed E-state index contributed by atoms with van der Waals surface area (Å²) in [5.41, 5.74) is 0. The molecule has 1 heterocycles. The van der Waals surface area contributed by atoms with Crippen LogP contribution in [0.1, 0.15) is 0 Å². The number of hydrogen-bond acceptors (Lipinski definition) is 1. The Labute approximate surface area is 60.5 Å². The summed E-state index contributed by atoms with van der Waals surface area (Å²) in [6.07, 6.45) is -5.56. The second-order valence-corrected chi connectivity index (χ2v) is 1.89. The minimum atomic E-state index is -5.56. The van der Waals surface area contributed by atoms with Crippen molar-refractivity contribution in [2.24, 2.45) is 0 Å². The third-order valence-electron chi connectivity index (χ3n) is 1.16. The monoisotopic (exact) mass is 197 g/mol. The van der Waals surface area contributed by atoms with Crippen molar-refractivity contribution in [1.29, 1.82) is 0 Å². The maximum absolute atomic E-state index is 11.9. The van der Waals surface area contributed by atoms with Gasteiger partial charge in [0.1, 0.15) is 0 Å². The van der Waals surface area contributed by atoms with Gasteiger partial charge in [-0.25, -0.2) is 0 Å². The van der Waals surface area contributed by atoms with E-state index in [-0.39, 0.29) is 0 Å². The third kappa shape index (κ3) is 0.737. The Morgan fingerprint density at radius 2 is 1.58 bits per heavy atom. The maximum atomic E-state index is 11.9. The van der Waals surface area contributed by atoms with E-state index in [1.807, 2.05) is 0 Å². The normalized spacial score (nSPS) is 26.8. The SMILES string of the molecule is FC1=C(F)[N+](F)(F)C(F)(F)N1F. The Bertz CT molecular complexity index is 245. The molecule has 0 fully saturated rings. The van der Waals surface area contributed by atoms with Gasteiger partial charge in [-0.3, -0.25) is 0 Å². The molecule has 0 aromatic carbocycles. The molecule has 2 nitrogen and oxygen atoms in total. The first-order chi connectivity index (χ1) is 5.23. The Morgan fingerprint density at radius 1 is 1.17 bits per heavy atom. The summed E-state index contributed by atoms with van der Waals surface area (Å²) in [5.74, 6) is -6.09. The number of quaternary nitrogens is 1. The van der Waals surface area contributed by atoms with E-state index in [0.717, 1.165) is 0 Å². The lowest BCUT2D eigenvalue weighted by molar-refractivity contribution is -1.21. The fourth-order valence-electron chi connectivity index (χ4n) is 0.543. The first kappa shape index (κ1) is 9.10. The third-order valence-corrected chi connectivity index (χ3v) is 1.16. The maximum Gasteiger partial charge on any atom is 0.597 e. The van der Waals surface area contributed by atoms with Crippen molar-refractivity contribution < 1.29 is 35.9 Å². The second kappa shape index (κ2) is 2.03. The zero-order chi connectivity index (χ0) is 9.73. The molecule has 1 aliphatic rings. The van der Waals surface area contributed by atoms with E-state index in [2.05, 4.69) is 0 Å². The van der Waals surface area contributed by atoms with E-state index in [0.29, 0.717) is 0 Å². The van der Waals surface area contributed by atoms with E-state index < -0.39 is 28.1 Å². The topological polar surface area (TPSA) is 3.24 Å². The van der Waals surface area contributed by atoms with Gasteiger partial charge in [0, 0.05) is 0 Å². The Hall–Kier alpha value is -0.990. The van der Waals surface area contributed by atoms with Crippen molar-refractivity contribution in [3.8, 4) is 0 Å². The molecule has 1 aliphatic heterocycles. The Kier molecular flexibility index (Phi) is 1.54. The van der Waals surface area contributed by atoms with Gasteiger partial charge in [-0.05, 0) is 5.12 Å². The molecule has 1 rings (SSSR count). The zero-order valence-corrected chi connectivity index (χ0v) is 5.04. The molecule has 0 atom stereocenters. The molecule has 0 saturated carbocycles. The summed E-state index contributed by atoms with van der Waals surface area (Å²) in [6, 6.07) is 0. The predicted molar refractivity (Wildman–Crippen MR) is 19.6 cm³/mol. The molecule has 0 aromatic rings. The molecule has 0 radical (unpaired) electrons. The molecule has 0 aromatic heterocycles. The van der Waals surface area contributed by atoms with Crippen molar-refractivity contribution in [1.82, 2.24) is 5.12 Å². The summed E-state index contributed by atoms with van der Waals surface area (Å²) in [4.78, 5) is -4.78. The van der Waals surface area contributed by atoms with Crippen molar-refractivity contribution in [3.05, 3.63) is 11.9 Å². The lowest BCUT2D eigenvalue weighted by Crippen LogP contribution is -2.48. The summed E-state index contributed by atoms with van der Waals surface area (Å²) < 4.78 is 82.8. The highest BCUT2D eigenvalue weighted by atomic mass is 19.4. The number of hydrogen-bond donors (Lipinski definition) is 0. The fourth-order valence-corrected chi connectivity index (χ4v) is 0.543. The van der Waals surface area contributed by atoms with E-state index >= 15 is 0 Å². The van der Waals surface area contributed by atoms with E-state index in [1.165, 1.54) is 0 Å². The lowest BCUT2D eigenvalue weighted by Gasteiger charge is -2.14. The summed E-state index contributed by atoms with van der Waals surface area (Å²) in [5, 5.41) is -2.26. The van der Waals surface area contributed by atoms with Gasteiger partial charge in [-0.1, -0.05) is 4.48 Å². The highest BCUT2D eigenvalue weighted by Crippen LogP contribution is 2.49. The smallest absolute Gasteiger partial charge is 0.174 e. The standard InChI is InChI=1S/C3F7N2/c4-1-2(5)12(9,10)3(6,7)11(1)8/q+1. The Morgan fingerprint density at radius 3 is 1.67 bits per heavy atom. The van der Waals surface area contributed by atoms with Crippen molar-refractivity contribution in [2.45, 2.75) is 6.17 Å². The second-order valence-electron chi connectivity index (χ2n) is 1.89. The van der Waals surface area contributed by atoms with Crippen LogP contribution in [0.2, 0.25) is 0 Å². The minimum absolute atomic E-state index is 2.26. The van der Waals surface area contributed by atoms with E-state index in [1.54, 1.807) is 0 Å². The number of halogens is 7. The molecule has 9 heteroatoms. The molecule has 0 saturated heterocycles. The van der Waals surface area contributed by atoms with Gasteiger partial charge in [0.25, 0.3) is 0 Å². The molecule has 0 unspecified atom stereocenters. The van der Waals surface area contributed by atoms with Gasteiger partial charge in [0.05, 0.1) is 8.96 Å². The molecule has 12 heavy (non-hydrogen) atoms. The van der Waals surface area contributed by atoms with E-state index in [9.17, 15) is 31.0 Å². The largest absolute Gasteiger partial charge is 0.597 e. The van der Waals surface area contributed by atoms with Gasteiger partial charge in [-0.2, -0.15) is 4.39 Å². The molecular formula is C3F7N2+. The average molecular weight is 197 g/mol. The summed E-state index contributed by atoms with van der Waals surface area (Å²) in [7, 11) is 0. The molecule has 0 aliphatic carbocycles. The number of rotatable bonds is 0. The number of alkyl halides is 2. The first-order valence-electron chi connectivity index (χ1n) is 2.41. The van der Waals surface area contributed by atoms with Gasteiger partial charge in [-0.15, -0.1) is 13.2 Å². The first-order valence-corrected chi connectivity index (χ1v) is 2.41. The summed E-state index contributed by atoms with van der Waals surface area (Å²) in [6.45, 7) is 0. The lowest BCUT2D eigenvalue weighted by atomic mass is 10.8. The van der Waals surface area contributed by atoms with Crippen molar-refractivity contribution in [2.75, 3.05) is 0 Å². The van der Waals surface area contributed by atoms with Crippen LogP contribution in [0.4, 0.5) is 31.0 Å². The van der Waals surface area contributed by atoms with Gasteiger partial charge >= 0.3 is 18.1 Å². The quantitative estimate of drug-likeness (QED) is 0.327. The van der Waals surface area contributed by atoms with Crippen molar-refractivity contribution in [3.63, 3.8) is 0 Å². The Balaban J connectivity index is 3.22. The minimum Gasteiger partial charge on any atom is -0.174 e. The van der Waals surface area contributed by atoms with Crippen molar-refractivity contribution >= 4 is 0 Å². The molecule has 0 bridgehead atoms. The van der Waals surface area contributed by atoms with Gasteiger partial charge in [0.2, 0.25) is 4.93 Å². The molecule has 0 spiro atoms. The average Bonchev–Trinajstić information content (AvgIpc) is 2.05. The molecular weight excluding hydrogens is 197 g/mol. The predicted octanol–water partition coefficient (Wildman–Crippen LogP) is 2.39. The van der Waals surface area contributed by atoms with Crippen LogP contribution in [0.5, 0.6) is 0 Å². The van der Waals surface area contributed by atoms with Crippen LogP contribution in [0, 0.1) is 0 Å². The fraction of sp³-hybridized carbons (Fsp3) is 0.333. The zero-order valence-electron chi connectivity index (χ0n) is 5.04.